The molecule has 1 saturated heterocycles. The zero-order valence-corrected chi connectivity index (χ0v) is 12.8. The number of benzene rings is 1. The smallest absolute Gasteiger partial charge is 0.410 e. The molecule has 8 heteroatoms. The fraction of sp³-hybridized carbons (Fsp3) is 0.250. The van der Waals surface area contributed by atoms with Gasteiger partial charge in [0.2, 0.25) is 0 Å². The molecule has 2 aromatic rings. The van der Waals surface area contributed by atoms with Crippen molar-refractivity contribution >= 4 is 23.3 Å². The summed E-state index contributed by atoms with van der Waals surface area (Å²) in [5.74, 6) is 1.11. The van der Waals surface area contributed by atoms with E-state index in [4.69, 9.17) is 4.74 Å². The van der Waals surface area contributed by atoms with Crippen molar-refractivity contribution in [1.82, 2.24) is 4.98 Å². The molecule has 1 aliphatic heterocycles. The summed E-state index contributed by atoms with van der Waals surface area (Å²) in [6.07, 6.45) is 3.23. The van der Waals surface area contributed by atoms with Crippen LogP contribution in [0, 0.1) is 10.1 Å². The lowest BCUT2D eigenvalue weighted by Gasteiger charge is -2.16. The molecule has 1 aliphatic rings. The molecule has 0 atom stereocenters. The van der Waals surface area contributed by atoms with Crippen molar-refractivity contribution in [3.05, 3.63) is 52.7 Å². The molecule has 1 aromatic carbocycles. The maximum Gasteiger partial charge on any atom is 0.417 e. The highest BCUT2D eigenvalue weighted by Gasteiger charge is 2.13. The molecule has 3 rings (SSSR count). The maximum absolute atomic E-state index is 11.8. The molecule has 0 saturated carbocycles. The van der Waals surface area contributed by atoms with Crippen molar-refractivity contribution < 1.29 is 14.5 Å². The Bertz CT molecular complexity index is 725. The second kappa shape index (κ2) is 6.95. The first-order chi connectivity index (χ1) is 11.6. The first-order valence-electron chi connectivity index (χ1n) is 7.56. The number of carbonyl (C=O) groups excluding carboxylic acids is 1. The van der Waals surface area contributed by atoms with Gasteiger partial charge in [-0.05, 0) is 37.1 Å². The highest BCUT2D eigenvalue weighted by Crippen LogP contribution is 2.20. The van der Waals surface area contributed by atoms with Gasteiger partial charge in [0.15, 0.2) is 0 Å². The number of nitro groups is 1. The number of anilines is 2. The van der Waals surface area contributed by atoms with Crippen LogP contribution in [0.25, 0.3) is 0 Å². The van der Waals surface area contributed by atoms with Crippen LogP contribution < -0.4 is 15.0 Å². The normalized spacial score (nSPS) is 13.6. The van der Waals surface area contributed by atoms with E-state index in [9.17, 15) is 14.9 Å². The van der Waals surface area contributed by atoms with Gasteiger partial charge in [-0.2, -0.15) is 0 Å². The molecule has 2 heterocycles. The zero-order valence-electron chi connectivity index (χ0n) is 12.8. The molecule has 0 spiro atoms. The molecule has 24 heavy (non-hydrogen) atoms. The van der Waals surface area contributed by atoms with E-state index in [1.807, 2.05) is 6.07 Å². The third kappa shape index (κ3) is 3.78. The molecule has 1 aromatic heterocycles. The first-order valence-corrected chi connectivity index (χ1v) is 7.56. The standard InChI is InChI=1S/C16H16N4O4/c21-16(24-14-6-4-13(5-7-14)20(22)23)18-12-3-8-15(17-11-12)19-9-1-2-10-19/h3-8,11H,1-2,9-10H2,(H,18,21). The van der Waals surface area contributed by atoms with Crippen LogP contribution in [0.3, 0.4) is 0 Å². The van der Waals surface area contributed by atoms with Crippen molar-refractivity contribution in [3.8, 4) is 5.75 Å². The number of amides is 1. The van der Waals surface area contributed by atoms with Gasteiger partial charge >= 0.3 is 6.09 Å². The Morgan fingerprint density at radius 1 is 1.17 bits per heavy atom. The summed E-state index contributed by atoms with van der Waals surface area (Å²) in [4.78, 5) is 28.4. The van der Waals surface area contributed by atoms with Crippen LogP contribution in [-0.2, 0) is 0 Å². The summed E-state index contributed by atoms with van der Waals surface area (Å²) in [7, 11) is 0. The van der Waals surface area contributed by atoms with E-state index >= 15 is 0 Å². The number of ether oxygens (including phenoxy) is 1. The van der Waals surface area contributed by atoms with Gasteiger partial charge in [-0.3, -0.25) is 15.4 Å². The highest BCUT2D eigenvalue weighted by atomic mass is 16.6. The van der Waals surface area contributed by atoms with Gasteiger partial charge < -0.3 is 9.64 Å². The minimum absolute atomic E-state index is 0.0653. The van der Waals surface area contributed by atoms with Gasteiger partial charge in [-0.15, -0.1) is 0 Å². The van der Waals surface area contributed by atoms with Crippen LogP contribution in [0.5, 0.6) is 5.75 Å². The molecule has 1 N–H and O–H groups in total. The van der Waals surface area contributed by atoms with Gasteiger partial charge in [0, 0.05) is 25.2 Å². The number of hydrogen-bond acceptors (Lipinski definition) is 6. The second-order valence-electron chi connectivity index (χ2n) is 5.36. The number of nitro benzene ring substituents is 1. The molecule has 8 nitrogen and oxygen atoms in total. The van der Waals surface area contributed by atoms with E-state index < -0.39 is 11.0 Å². The monoisotopic (exact) mass is 328 g/mol. The van der Waals surface area contributed by atoms with E-state index in [0.29, 0.717) is 5.69 Å². The Labute approximate surface area is 138 Å². The molecule has 124 valence electrons. The number of nitrogens with zero attached hydrogens (tertiary/aromatic N) is 3. The van der Waals surface area contributed by atoms with Crippen LogP contribution in [0.15, 0.2) is 42.6 Å². The van der Waals surface area contributed by atoms with Gasteiger partial charge in [0.25, 0.3) is 5.69 Å². The van der Waals surface area contributed by atoms with E-state index in [1.165, 1.54) is 37.1 Å². The fourth-order valence-corrected chi connectivity index (χ4v) is 2.48. The summed E-state index contributed by atoms with van der Waals surface area (Å²) in [6.45, 7) is 2.00. The summed E-state index contributed by atoms with van der Waals surface area (Å²) in [6, 6.07) is 8.90. The predicted molar refractivity (Wildman–Crippen MR) is 88.4 cm³/mol. The molecule has 0 aliphatic carbocycles. The summed E-state index contributed by atoms with van der Waals surface area (Å²) < 4.78 is 5.07. The van der Waals surface area contributed by atoms with E-state index in [-0.39, 0.29) is 11.4 Å². The van der Waals surface area contributed by atoms with Crippen molar-refractivity contribution in [2.24, 2.45) is 0 Å². The number of carbonyl (C=O) groups is 1. The Morgan fingerprint density at radius 2 is 1.88 bits per heavy atom. The molecule has 0 bridgehead atoms. The van der Waals surface area contributed by atoms with Gasteiger partial charge in [-0.1, -0.05) is 0 Å². The van der Waals surface area contributed by atoms with Crippen molar-refractivity contribution in [2.45, 2.75) is 12.8 Å². The van der Waals surface area contributed by atoms with E-state index in [0.717, 1.165) is 18.9 Å². The molecular weight excluding hydrogens is 312 g/mol. The van der Waals surface area contributed by atoms with E-state index in [1.54, 1.807) is 12.3 Å². The Kier molecular flexibility index (Phi) is 4.55. The lowest BCUT2D eigenvalue weighted by Crippen LogP contribution is -2.19. The lowest BCUT2D eigenvalue weighted by atomic mass is 10.3. The summed E-state index contributed by atoms with van der Waals surface area (Å²) >= 11 is 0. The SMILES string of the molecule is O=C(Nc1ccc(N2CCCC2)nc1)Oc1ccc([N+](=O)[O-])cc1. The quantitative estimate of drug-likeness (QED) is 0.683. The topological polar surface area (TPSA) is 97.6 Å². The van der Waals surface area contributed by atoms with Gasteiger partial charge in [-0.25, -0.2) is 9.78 Å². The Hall–Kier alpha value is -3.16. The number of hydrogen-bond donors (Lipinski definition) is 1. The average molecular weight is 328 g/mol. The van der Waals surface area contributed by atoms with Gasteiger partial charge in [0.05, 0.1) is 16.8 Å². The number of nitrogens with one attached hydrogen (secondary N) is 1. The average Bonchev–Trinajstić information content (AvgIpc) is 3.10. The van der Waals surface area contributed by atoms with Crippen LogP contribution >= 0.6 is 0 Å². The Morgan fingerprint density at radius 3 is 2.46 bits per heavy atom. The molecule has 1 fully saturated rings. The minimum atomic E-state index is -0.681. The van der Waals surface area contributed by atoms with Crippen LogP contribution in [0.1, 0.15) is 12.8 Å². The van der Waals surface area contributed by atoms with Crippen LogP contribution in [0.2, 0.25) is 0 Å². The summed E-state index contributed by atoms with van der Waals surface area (Å²) in [5, 5.41) is 13.1. The predicted octanol–water partition coefficient (Wildman–Crippen LogP) is 3.20. The third-order valence-corrected chi connectivity index (χ3v) is 3.68. The summed E-state index contributed by atoms with van der Waals surface area (Å²) in [5.41, 5.74) is 0.453. The number of pyridine rings is 1. The highest BCUT2D eigenvalue weighted by molar-refractivity contribution is 5.86. The van der Waals surface area contributed by atoms with E-state index in [2.05, 4.69) is 15.2 Å². The number of rotatable bonds is 4. The molecule has 1 amide bonds. The van der Waals surface area contributed by atoms with Crippen molar-refractivity contribution in [3.63, 3.8) is 0 Å². The Balaban J connectivity index is 1.57. The fourth-order valence-electron chi connectivity index (χ4n) is 2.48. The van der Waals surface area contributed by atoms with Crippen molar-refractivity contribution in [1.29, 1.82) is 0 Å². The maximum atomic E-state index is 11.8. The minimum Gasteiger partial charge on any atom is -0.410 e. The molecular formula is C16H16N4O4. The second-order valence-corrected chi connectivity index (χ2v) is 5.36. The van der Waals surface area contributed by atoms with Gasteiger partial charge in [0.1, 0.15) is 11.6 Å². The van der Waals surface area contributed by atoms with Crippen LogP contribution in [-0.4, -0.2) is 29.1 Å². The first kappa shape index (κ1) is 15.7. The lowest BCUT2D eigenvalue weighted by molar-refractivity contribution is -0.384. The molecule has 0 unspecified atom stereocenters. The third-order valence-electron chi connectivity index (χ3n) is 3.68. The van der Waals surface area contributed by atoms with Crippen molar-refractivity contribution in [2.75, 3.05) is 23.3 Å². The molecule has 0 radical (unpaired) electrons. The van der Waals surface area contributed by atoms with Crippen LogP contribution in [0.4, 0.5) is 22.0 Å². The largest absolute Gasteiger partial charge is 0.417 e. The number of aromatic nitrogens is 1. The zero-order chi connectivity index (χ0) is 16.9. The number of non-ortho nitro benzene ring substituents is 1.